The summed E-state index contributed by atoms with van der Waals surface area (Å²) in [5.74, 6) is 1.94. The third-order valence-corrected chi connectivity index (χ3v) is 4.64. The first-order chi connectivity index (χ1) is 9.76. The van der Waals surface area contributed by atoms with Gasteiger partial charge in [0.1, 0.15) is 0 Å². The molecule has 1 heterocycles. The topological polar surface area (TPSA) is 32.3 Å². The van der Waals surface area contributed by atoms with Crippen LogP contribution in [0.5, 0.6) is 0 Å². The maximum atomic E-state index is 12.2. The number of para-hydroxylation sites is 1. The SMILES string of the molecule is CCc1ccccc1NC(=O)CN1CC[C@H](C2CC2)C1. The second kappa shape index (κ2) is 5.96. The summed E-state index contributed by atoms with van der Waals surface area (Å²) in [5, 5.41) is 3.07. The molecule has 1 saturated carbocycles. The lowest BCUT2D eigenvalue weighted by molar-refractivity contribution is -0.117. The van der Waals surface area contributed by atoms with Crippen molar-refractivity contribution in [1.29, 1.82) is 0 Å². The molecule has 3 nitrogen and oxygen atoms in total. The fourth-order valence-electron chi connectivity index (χ4n) is 3.30. The molecular formula is C17H24N2O. The molecule has 1 aromatic rings. The van der Waals surface area contributed by atoms with Gasteiger partial charge in [-0.15, -0.1) is 0 Å². The molecule has 1 aliphatic carbocycles. The van der Waals surface area contributed by atoms with Crippen LogP contribution in [0.15, 0.2) is 24.3 Å². The van der Waals surface area contributed by atoms with E-state index in [1.807, 2.05) is 18.2 Å². The van der Waals surface area contributed by atoms with Crippen molar-refractivity contribution in [3.63, 3.8) is 0 Å². The van der Waals surface area contributed by atoms with Gasteiger partial charge in [0, 0.05) is 12.2 Å². The third kappa shape index (κ3) is 3.21. The van der Waals surface area contributed by atoms with Crippen molar-refractivity contribution >= 4 is 11.6 Å². The van der Waals surface area contributed by atoms with Gasteiger partial charge in [0.05, 0.1) is 6.54 Å². The standard InChI is InChI=1S/C17H24N2O/c1-2-13-5-3-4-6-16(13)18-17(20)12-19-10-9-15(11-19)14-7-8-14/h3-6,14-15H,2,7-12H2,1H3,(H,18,20)/t15-/m0/s1. The highest BCUT2D eigenvalue weighted by molar-refractivity contribution is 5.93. The zero-order valence-corrected chi connectivity index (χ0v) is 12.3. The minimum atomic E-state index is 0.127. The van der Waals surface area contributed by atoms with Crippen molar-refractivity contribution in [2.24, 2.45) is 11.8 Å². The van der Waals surface area contributed by atoms with Crippen molar-refractivity contribution < 1.29 is 4.79 Å². The Balaban J connectivity index is 1.52. The van der Waals surface area contributed by atoms with E-state index in [1.165, 1.54) is 24.8 Å². The lowest BCUT2D eigenvalue weighted by atomic mass is 10.0. The van der Waals surface area contributed by atoms with Crippen LogP contribution < -0.4 is 5.32 Å². The second-order valence-electron chi connectivity index (χ2n) is 6.18. The summed E-state index contributed by atoms with van der Waals surface area (Å²) in [6.45, 7) is 4.87. The molecule has 0 spiro atoms. The highest BCUT2D eigenvalue weighted by Gasteiger charge is 2.36. The first-order valence-corrected chi connectivity index (χ1v) is 7.86. The van der Waals surface area contributed by atoms with Crippen molar-refractivity contribution in [2.75, 3.05) is 25.0 Å². The summed E-state index contributed by atoms with van der Waals surface area (Å²) < 4.78 is 0. The summed E-state index contributed by atoms with van der Waals surface area (Å²) in [5.41, 5.74) is 2.18. The molecule has 1 atom stereocenters. The molecule has 3 rings (SSSR count). The molecule has 1 aromatic carbocycles. The Labute approximate surface area is 121 Å². The van der Waals surface area contributed by atoms with Crippen molar-refractivity contribution in [3.8, 4) is 0 Å². The van der Waals surface area contributed by atoms with Gasteiger partial charge in [-0.3, -0.25) is 9.69 Å². The highest BCUT2D eigenvalue weighted by Crippen LogP contribution is 2.41. The van der Waals surface area contributed by atoms with E-state index < -0.39 is 0 Å². The Kier molecular flexibility index (Phi) is 4.06. The van der Waals surface area contributed by atoms with Crippen LogP contribution in [0.4, 0.5) is 5.69 Å². The molecule has 0 radical (unpaired) electrons. The van der Waals surface area contributed by atoms with E-state index in [0.29, 0.717) is 6.54 Å². The fraction of sp³-hybridized carbons (Fsp3) is 0.588. The average Bonchev–Trinajstić information content (AvgIpc) is 3.20. The molecule has 1 aliphatic heterocycles. The van der Waals surface area contributed by atoms with Crippen LogP contribution in [0.3, 0.4) is 0 Å². The predicted octanol–water partition coefficient (Wildman–Crippen LogP) is 2.92. The van der Waals surface area contributed by atoms with Gasteiger partial charge in [-0.05, 0) is 55.7 Å². The molecule has 20 heavy (non-hydrogen) atoms. The van der Waals surface area contributed by atoms with Crippen LogP contribution in [0, 0.1) is 11.8 Å². The summed E-state index contributed by atoms with van der Waals surface area (Å²) in [7, 11) is 0. The van der Waals surface area contributed by atoms with Gasteiger partial charge in [-0.1, -0.05) is 25.1 Å². The van der Waals surface area contributed by atoms with Crippen LogP contribution in [0.2, 0.25) is 0 Å². The fourth-order valence-corrected chi connectivity index (χ4v) is 3.30. The molecule has 3 heteroatoms. The Hall–Kier alpha value is -1.35. The van der Waals surface area contributed by atoms with Gasteiger partial charge in [0.25, 0.3) is 0 Å². The van der Waals surface area contributed by atoms with Gasteiger partial charge < -0.3 is 5.32 Å². The van der Waals surface area contributed by atoms with Gasteiger partial charge in [-0.25, -0.2) is 0 Å². The number of carbonyl (C=O) groups excluding carboxylic acids is 1. The highest BCUT2D eigenvalue weighted by atomic mass is 16.2. The zero-order chi connectivity index (χ0) is 13.9. The van der Waals surface area contributed by atoms with E-state index in [9.17, 15) is 4.79 Å². The average molecular weight is 272 g/mol. The van der Waals surface area contributed by atoms with Crippen LogP contribution >= 0.6 is 0 Å². The first kappa shape index (κ1) is 13.6. The Morgan fingerprint density at radius 2 is 2.05 bits per heavy atom. The number of rotatable bonds is 5. The monoisotopic (exact) mass is 272 g/mol. The van der Waals surface area contributed by atoms with Crippen molar-refractivity contribution in [2.45, 2.75) is 32.6 Å². The summed E-state index contributed by atoms with van der Waals surface area (Å²) in [6, 6.07) is 8.07. The summed E-state index contributed by atoms with van der Waals surface area (Å²) >= 11 is 0. The normalized spacial score (nSPS) is 22.9. The van der Waals surface area contributed by atoms with Gasteiger partial charge in [-0.2, -0.15) is 0 Å². The molecule has 108 valence electrons. The predicted molar refractivity (Wildman–Crippen MR) is 81.7 cm³/mol. The lowest BCUT2D eigenvalue weighted by Crippen LogP contribution is -2.32. The number of aryl methyl sites for hydroxylation is 1. The lowest BCUT2D eigenvalue weighted by Gasteiger charge is -2.16. The first-order valence-electron chi connectivity index (χ1n) is 7.86. The molecular weight excluding hydrogens is 248 g/mol. The minimum absolute atomic E-state index is 0.127. The maximum absolute atomic E-state index is 12.2. The molecule has 1 N–H and O–H groups in total. The van der Waals surface area contributed by atoms with Gasteiger partial charge >= 0.3 is 0 Å². The smallest absolute Gasteiger partial charge is 0.238 e. The quantitative estimate of drug-likeness (QED) is 0.894. The van der Waals surface area contributed by atoms with E-state index in [0.717, 1.165) is 37.0 Å². The van der Waals surface area contributed by atoms with Crippen molar-refractivity contribution in [3.05, 3.63) is 29.8 Å². The zero-order valence-electron chi connectivity index (χ0n) is 12.3. The van der Waals surface area contributed by atoms with Crippen LogP contribution in [0.1, 0.15) is 31.7 Å². The van der Waals surface area contributed by atoms with Crippen molar-refractivity contribution in [1.82, 2.24) is 4.90 Å². The molecule has 0 unspecified atom stereocenters. The molecule has 0 aromatic heterocycles. The Bertz CT molecular complexity index is 482. The van der Waals surface area contributed by atoms with Crippen LogP contribution in [-0.2, 0) is 11.2 Å². The summed E-state index contributed by atoms with van der Waals surface area (Å²) in [4.78, 5) is 14.5. The number of nitrogens with zero attached hydrogens (tertiary/aromatic N) is 1. The van der Waals surface area contributed by atoms with E-state index in [-0.39, 0.29) is 5.91 Å². The van der Waals surface area contributed by atoms with Crippen LogP contribution in [-0.4, -0.2) is 30.4 Å². The summed E-state index contributed by atoms with van der Waals surface area (Å²) in [6.07, 6.45) is 5.05. The molecule has 2 aliphatic rings. The maximum Gasteiger partial charge on any atom is 0.238 e. The van der Waals surface area contributed by atoms with E-state index in [2.05, 4.69) is 23.2 Å². The van der Waals surface area contributed by atoms with E-state index in [4.69, 9.17) is 0 Å². The number of nitrogens with one attached hydrogen (secondary N) is 1. The molecule has 1 amide bonds. The minimum Gasteiger partial charge on any atom is -0.325 e. The van der Waals surface area contributed by atoms with E-state index >= 15 is 0 Å². The number of benzene rings is 1. The number of carbonyl (C=O) groups is 1. The molecule has 1 saturated heterocycles. The number of hydrogen-bond donors (Lipinski definition) is 1. The Morgan fingerprint density at radius 1 is 1.25 bits per heavy atom. The number of amides is 1. The van der Waals surface area contributed by atoms with E-state index in [1.54, 1.807) is 0 Å². The molecule has 2 fully saturated rings. The number of likely N-dealkylation sites (tertiary alicyclic amines) is 1. The molecule has 0 bridgehead atoms. The second-order valence-corrected chi connectivity index (χ2v) is 6.18. The number of hydrogen-bond acceptors (Lipinski definition) is 2. The van der Waals surface area contributed by atoms with Gasteiger partial charge in [0.2, 0.25) is 5.91 Å². The largest absolute Gasteiger partial charge is 0.325 e. The Morgan fingerprint density at radius 3 is 2.80 bits per heavy atom. The van der Waals surface area contributed by atoms with Gasteiger partial charge in [0.15, 0.2) is 0 Å². The third-order valence-electron chi connectivity index (χ3n) is 4.64. The van der Waals surface area contributed by atoms with Crippen LogP contribution in [0.25, 0.3) is 0 Å². The number of anilines is 1.